The first-order valence-electron chi connectivity index (χ1n) is 4.59. The van der Waals surface area contributed by atoms with Crippen molar-refractivity contribution in [3.8, 4) is 12.3 Å². The molecule has 0 fully saturated rings. The van der Waals surface area contributed by atoms with Gasteiger partial charge in [-0.3, -0.25) is 0 Å². The Balaban J connectivity index is 4.03. The minimum Gasteiger partial charge on any atom is -0.479 e. The molecule has 0 aliphatic carbocycles. The number of nitrogens with one attached hydrogen (secondary N) is 1. The van der Waals surface area contributed by atoms with Crippen molar-refractivity contribution in [2.45, 2.75) is 38.3 Å². The Morgan fingerprint density at radius 2 is 2.29 bits per heavy atom. The fourth-order valence-electron chi connectivity index (χ4n) is 0.931. The average molecular weight is 199 g/mol. The highest BCUT2D eigenvalue weighted by atomic mass is 16.4. The van der Waals surface area contributed by atoms with E-state index in [1.54, 1.807) is 0 Å². The summed E-state index contributed by atoms with van der Waals surface area (Å²) in [6, 6.07) is -0.175. The van der Waals surface area contributed by atoms with Crippen molar-refractivity contribution in [3.63, 3.8) is 0 Å². The average Bonchev–Trinajstić information content (AvgIpc) is 2.12. The molecule has 0 amide bonds. The molecule has 0 saturated carbocycles. The molecule has 0 radical (unpaired) electrons. The number of rotatable bonds is 6. The third kappa shape index (κ3) is 4.26. The summed E-state index contributed by atoms with van der Waals surface area (Å²) in [7, 11) is 0. The molecule has 0 heterocycles. The lowest BCUT2D eigenvalue weighted by Gasteiger charge is -2.21. The van der Waals surface area contributed by atoms with Gasteiger partial charge in [0, 0.05) is 6.54 Å². The number of carbonyl (C=O) groups is 1. The Morgan fingerprint density at radius 3 is 2.64 bits per heavy atom. The SMILES string of the molecule is C#CC(CCC)NCC(C)(O)C(=O)O. The van der Waals surface area contributed by atoms with Gasteiger partial charge in [0.15, 0.2) is 5.60 Å². The number of aliphatic carboxylic acids is 1. The maximum absolute atomic E-state index is 10.5. The highest BCUT2D eigenvalue weighted by Gasteiger charge is 2.29. The van der Waals surface area contributed by atoms with E-state index in [4.69, 9.17) is 11.5 Å². The van der Waals surface area contributed by atoms with Crippen LogP contribution in [0.25, 0.3) is 0 Å². The molecule has 4 nitrogen and oxygen atoms in total. The molecule has 80 valence electrons. The molecule has 0 aliphatic heterocycles. The number of hydrogen-bond acceptors (Lipinski definition) is 3. The predicted molar refractivity (Wildman–Crippen MR) is 53.8 cm³/mol. The van der Waals surface area contributed by atoms with Crippen LogP contribution < -0.4 is 5.32 Å². The Hall–Kier alpha value is -1.05. The van der Waals surface area contributed by atoms with Crippen LogP contribution in [-0.2, 0) is 4.79 Å². The van der Waals surface area contributed by atoms with E-state index in [2.05, 4.69) is 11.2 Å². The number of terminal acetylenes is 1. The molecule has 0 rings (SSSR count). The van der Waals surface area contributed by atoms with Gasteiger partial charge in [-0.15, -0.1) is 6.42 Å². The van der Waals surface area contributed by atoms with Crippen LogP contribution in [0.1, 0.15) is 26.7 Å². The predicted octanol–water partition coefficient (Wildman–Crippen LogP) is 0.213. The second-order valence-corrected chi connectivity index (χ2v) is 3.47. The van der Waals surface area contributed by atoms with E-state index < -0.39 is 11.6 Å². The summed E-state index contributed by atoms with van der Waals surface area (Å²) in [5, 5.41) is 20.8. The summed E-state index contributed by atoms with van der Waals surface area (Å²) < 4.78 is 0. The van der Waals surface area contributed by atoms with Gasteiger partial charge in [-0.05, 0) is 13.3 Å². The largest absolute Gasteiger partial charge is 0.479 e. The summed E-state index contributed by atoms with van der Waals surface area (Å²) in [5.41, 5.74) is -1.76. The van der Waals surface area contributed by atoms with Gasteiger partial charge in [0.1, 0.15) is 0 Å². The maximum atomic E-state index is 10.5. The summed E-state index contributed by atoms with van der Waals surface area (Å²) in [5.74, 6) is 1.25. The molecular formula is C10H17NO3. The van der Waals surface area contributed by atoms with Crippen molar-refractivity contribution in [1.29, 1.82) is 0 Å². The zero-order valence-electron chi connectivity index (χ0n) is 8.58. The van der Waals surface area contributed by atoms with Crippen molar-refractivity contribution >= 4 is 5.97 Å². The molecule has 0 aromatic carbocycles. The number of carboxylic acids is 1. The van der Waals surface area contributed by atoms with Crippen LogP contribution in [0.5, 0.6) is 0 Å². The Kier molecular flexibility index (Phi) is 5.21. The summed E-state index contributed by atoms with van der Waals surface area (Å²) in [6.07, 6.45) is 6.91. The van der Waals surface area contributed by atoms with Crippen LogP contribution in [0, 0.1) is 12.3 Å². The summed E-state index contributed by atoms with van der Waals surface area (Å²) in [4.78, 5) is 10.5. The van der Waals surface area contributed by atoms with Gasteiger partial charge in [0.25, 0.3) is 0 Å². The molecule has 0 bridgehead atoms. The quantitative estimate of drug-likeness (QED) is 0.535. The summed E-state index contributed by atoms with van der Waals surface area (Å²) >= 11 is 0. The minimum absolute atomic E-state index is 0.0444. The summed E-state index contributed by atoms with van der Waals surface area (Å²) in [6.45, 7) is 3.18. The van der Waals surface area contributed by atoms with Crippen LogP contribution >= 0.6 is 0 Å². The molecule has 4 heteroatoms. The van der Waals surface area contributed by atoms with Crippen LogP contribution in [0.2, 0.25) is 0 Å². The maximum Gasteiger partial charge on any atom is 0.336 e. The van der Waals surface area contributed by atoms with Gasteiger partial charge in [-0.2, -0.15) is 0 Å². The molecular weight excluding hydrogens is 182 g/mol. The van der Waals surface area contributed by atoms with Crippen LogP contribution in [0.15, 0.2) is 0 Å². The molecule has 0 spiro atoms. The Labute approximate surface area is 84.3 Å². The molecule has 14 heavy (non-hydrogen) atoms. The first-order valence-corrected chi connectivity index (χ1v) is 4.59. The minimum atomic E-state index is -1.76. The third-order valence-corrected chi connectivity index (χ3v) is 1.93. The van der Waals surface area contributed by atoms with E-state index >= 15 is 0 Å². The van der Waals surface area contributed by atoms with Crippen molar-refractivity contribution in [2.24, 2.45) is 0 Å². The van der Waals surface area contributed by atoms with E-state index in [0.717, 1.165) is 12.8 Å². The van der Waals surface area contributed by atoms with Gasteiger partial charge in [-0.25, -0.2) is 4.79 Å². The number of aliphatic hydroxyl groups is 1. The van der Waals surface area contributed by atoms with Gasteiger partial charge in [0.05, 0.1) is 6.04 Å². The van der Waals surface area contributed by atoms with E-state index in [1.165, 1.54) is 6.92 Å². The molecule has 0 saturated heterocycles. The Bertz CT molecular complexity index is 230. The van der Waals surface area contributed by atoms with Crippen LogP contribution in [0.4, 0.5) is 0 Å². The van der Waals surface area contributed by atoms with Crippen LogP contribution in [-0.4, -0.2) is 34.4 Å². The highest BCUT2D eigenvalue weighted by Crippen LogP contribution is 2.03. The lowest BCUT2D eigenvalue weighted by atomic mass is 10.1. The standard InChI is InChI=1S/C10H17NO3/c1-4-6-8(5-2)11-7-10(3,14)9(12)13/h2,8,11,14H,4,6-7H2,1,3H3,(H,12,13). The zero-order valence-corrected chi connectivity index (χ0v) is 8.58. The first kappa shape index (κ1) is 12.9. The van der Waals surface area contributed by atoms with E-state index in [-0.39, 0.29) is 12.6 Å². The van der Waals surface area contributed by atoms with E-state index in [0.29, 0.717) is 0 Å². The van der Waals surface area contributed by atoms with Crippen molar-refractivity contribution < 1.29 is 15.0 Å². The normalized spacial score (nSPS) is 16.7. The molecule has 2 unspecified atom stereocenters. The van der Waals surface area contributed by atoms with Gasteiger partial charge >= 0.3 is 5.97 Å². The van der Waals surface area contributed by atoms with Gasteiger partial charge in [-0.1, -0.05) is 19.3 Å². The topological polar surface area (TPSA) is 69.6 Å². The van der Waals surface area contributed by atoms with Crippen molar-refractivity contribution in [1.82, 2.24) is 5.32 Å². The van der Waals surface area contributed by atoms with Gasteiger partial charge < -0.3 is 15.5 Å². The van der Waals surface area contributed by atoms with E-state index in [1.807, 2.05) is 6.92 Å². The van der Waals surface area contributed by atoms with E-state index in [9.17, 15) is 9.90 Å². The van der Waals surface area contributed by atoms with Crippen LogP contribution in [0.3, 0.4) is 0 Å². The monoisotopic (exact) mass is 199 g/mol. The molecule has 0 aliphatic rings. The third-order valence-electron chi connectivity index (χ3n) is 1.93. The van der Waals surface area contributed by atoms with Gasteiger partial charge in [0.2, 0.25) is 0 Å². The highest BCUT2D eigenvalue weighted by molar-refractivity contribution is 5.76. The second kappa shape index (κ2) is 5.63. The lowest BCUT2D eigenvalue weighted by Crippen LogP contribution is -2.47. The Morgan fingerprint density at radius 1 is 1.71 bits per heavy atom. The smallest absolute Gasteiger partial charge is 0.336 e. The molecule has 0 aromatic rings. The molecule has 3 N–H and O–H groups in total. The fraction of sp³-hybridized carbons (Fsp3) is 0.700. The molecule has 0 aromatic heterocycles. The fourth-order valence-corrected chi connectivity index (χ4v) is 0.931. The number of carboxylic acid groups (broad SMARTS) is 1. The zero-order chi connectivity index (χ0) is 11.2. The number of hydrogen-bond donors (Lipinski definition) is 3. The van der Waals surface area contributed by atoms with Crippen molar-refractivity contribution in [3.05, 3.63) is 0 Å². The second-order valence-electron chi connectivity index (χ2n) is 3.47. The molecule has 2 atom stereocenters. The first-order chi connectivity index (χ1) is 6.44. The lowest BCUT2D eigenvalue weighted by molar-refractivity contribution is -0.156. The van der Waals surface area contributed by atoms with Crippen molar-refractivity contribution in [2.75, 3.05) is 6.54 Å².